The predicted octanol–water partition coefficient (Wildman–Crippen LogP) is 0.206. The molecule has 1 rings (SSSR count). The van der Waals surface area contributed by atoms with Crippen molar-refractivity contribution >= 4 is 23.5 Å². The number of para-hydroxylation sites is 1. The summed E-state index contributed by atoms with van der Waals surface area (Å²) in [5.41, 5.74) is -0.877. The molecule has 2 N–H and O–H groups in total. The van der Waals surface area contributed by atoms with Gasteiger partial charge in [0.25, 0.3) is 11.6 Å². The summed E-state index contributed by atoms with van der Waals surface area (Å²) < 4.78 is 0. The highest BCUT2D eigenvalue weighted by molar-refractivity contribution is 6.00. The summed E-state index contributed by atoms with van der Waals surface area (Å²) in [4.78, 5) is 43.8. The SMILES string of the molecule is O=C(O)CN(CC(=O)O)C(=O)c1ccccc1[N+](=O)[O-]. The van der Waals surface area contributed by atoms with Crippen LogP contribution in [-0.2, 0) is 9.59 Å². The van der Waals surface area contributed by atoms with Crippen LogP contribution in [0.15, 0.2) is 24.3 Å². The molecule has 0 radical (unpaired) electrons. The molecule has 9 heteroatoms. The third-order valence-corrected chi connectivity index (χ3v) is 2.27. The van der Waals surface area contributed by atoms with Gasteiger partial charge >= 0.3 is 11.9 Å². The van der Waals surface area contributed by atoms with E-state index in [9.17, 15) is 24.5 Å². The molecule has 0 aliphatic rings. The Labute approximate surface area is 112 Å². The topological polar surface area (TPSA) is 138 Å². The molecule has 0 aromatic heterocycles. The van der Waals surface area contributed by atoms with Crippen molar-refractivity contribution in [3.8, 4) is 0 Å². The molecule has 0 saturated heterocycles. The fourth-order valence-electron chi connectivity index (χ4n) is 1.51. The van der Waals surface area contributed by atoms with Crippen LogP contribution in [0.25, 0.3) is 0 Å². The van der Waals surface area contributed by atoms with Gasteiger partial charge < -0.3 is 15.1 Å². The van der Waals surface area contributed by atoms with Crippen molar-refractivity contribution in [2.24, 2.45) is 0 Å². The standard InChI is InChI=1S/C11H10N2O7/c14-9(15)5-12(6-10(16)17)11(18)7-3-1-2-4-8(7)13(19)20/h1-4H,5-6H2,(H,14,15)(H,16,17). The number of aliphatic carboxylic acids is 2. The molecule has 9 nitrogen and oxygen atoms in total. The molecule has 0 spiro atoms. The summed E-state index contributed by atoms with van der Waals surface area (Å²) in [5.74, 6) is -3.86. The van der Waals surface area contributed by atoms with Crippen molar-refractivity contribution in [1.82, 2.24) is 4.90 Å². The number of nitrogens with zero attached hydrogens (tertiary/aromatic N) is 2. The summed E-state index contributed by atoms with van der Waals surface area (Å²) in [6, 6.07) is 4.91. The van der Waals surface area contributed by atoms with Crippen molar-refractivity contribution in [2.75, 3.05) is 13.1 Å². The van der Waals surface area contributed by atoms with E-state index in [1.807, 2.05) is 0 Å². The van der Waals surface area contributed by atoms with E-state index in [-0.39, 0.29) is 5.56 Å². The van der Waals surface area contributed by atoms with E-state index in [1.165, 1.54) is 12.1 Å². The third kappa shape index (κ3) is 3.77. The molecule has 106 valence electrons. The molecule has 0 atom stereocenters. The first kappa shape index (κ1) is 15.1. The van der Waals surface area contributed by atoms with E-state index in [1.54, 1.807) is 0 Å². The van der Waals surface area contributed by atoms with Crippen LogP contribution in [0.1, 0.15) is 10.4 Å². The zero-order chi connectivity index (χ0) is 15.3. The maximum atomic E-state index is 12.0. The second kappa shape index (κ2) is 6.27. The van der Waals surface area contributed by atoms with Gasteiger partial charge in [-0.15, -0.1) is 0 Å². The van der Waals surface area contributed by atoms with Crippen LogP contribution in [0.3, 0.4) is 0 Å². The minimum Gasteiger partial charge on any atom is -0.480 e. The number of amides is 1. The molecule has 1 aromatic carbocycles. The van der Waals surface area contributed by atoms with Crippen LogP contribution in [-0.4, -0.2) is 51.0 Å². The zero-order valence-electron chi connectivity index (χ0n) is 10.1. The van der Waals surface area contributed by atoms with E-state index < -0.39 is 41.5 Å². The predicted molar refractivity (Wildman–Crippen MR) is 64.3 cm³/mol. The van der Waals surface area contributed by atoms with Gasteiger partial charge in [0, 0.05) is 6.07 Å². The largest absolute Gasteiger partial charge is 0.480 e. The molecule has 1 aromatic rings. The minimum atomic E-state index is -1.42. The lowest BCUT2D eigenvalue weighted by Crippen LogP contribution is -2.39. The average molecular weight is 282 g/mol. The molecule has 0 bridgehead atoms. The molecule has 20 heavy (non-hydrogen) atoms. The molecule has 0 saturated carbocycles. The summed E-state index contributed by atoms with van der Waals surface area (Å²) in [6.07, 6.45) is 0. The Morgan fingerprint density at radius 1 is 1.10 bits per heavy atom. The molecule has 0 heterocycles. The van der Waals surface area contributed by atoms with Crippen LogP contribution in [0.4, 0.5) is 5.69 Å². The number of rotatable bonds is 6. The Bertz CT molecular complexity index is 554. The Balaban J connectivity index is 3.14. The van der Waals surface area contributed by atoms with E-state index in [0.29, 0.717) is 4.90 Å². The van der Waals surface area contributed by atoms with Crippen molar-refractivity contribution < 1.29 is 29.5 Å². The quantitative estimate of drug-likeness (QED) is 0.561. The van der Waals surface area contributed by atoms with Gasteiger partial charge in [0.1, 0.15) is 18.7 Å². The monoisotopic (exact) mass is 282 g/mol. The molecular formula is C11H10N2O7. The average Bonchev–Trinajstić information content (AvgIpc) is 2.36. The zero-order valence-corrected chi connectivity index (χ0v) is 10.1. The fraction of sp³-hybridized carbons (Fsp3) is 0.182. The van der Waals surface area contributed by atoms with Crippen molar-refractivity contribution in [1.29, 1.82) is 0 Å². The molecule has 0 aliphatic heterocycles. The van der Waals surface area contributed by atoms with Crippen LogP contribution in [0.2, 0.25) is 0 Å². The Hall–Kier alpha value is -2.97. The van der Waals surface area contributed by atoms with Gasteiger partial charge in [-0.05, 0) is 6.07 Å². The first-order valence-electron chi connectivity index (χ1n) is 5.29. The fourth-order valence-corrected chi connectivity index (χ4v) is 1.51. The molecule has 0 unspecified atom stereocenters. The number of carbonyl (C=O) groups is 3. The van der Waals surface area contributed by atoms with E-state index in [0.717, 1.165) is 12.1 Å². The number of benzene rings is 1. The van der Waals surface area contributed by atoms with Gasteiger partial charge in [-0.2, -0.15) is 0 Å². The van der Waals surface area contributed by atoms with Crippen LogP contribution >= 0.6 is 0 Å². The van der Waals surface area contributed by atoms with Crippen LogP contribution < -0.4 is 0 Å². The van der Waals surface area contributed by atoms with Gasteiger partial charge in [0.15, 0.2) is 0 Å². The number of carboxylic acids is 2. The number of hydrogen-bond acceptors (Lipinski definition) is 5. The molecule has 1 amide bonds. The molecular weight excluding hydrogens is 272 g/mol. The van der Waals surface area contributed by atoms with E-state index in [4.69, 9.17) is 10.2 Å². The minimum absolute atomic E-state index is 0.361. The van der Waals surface area contributed by atoms with Gasteiger partial charge in [-0.1, -0.05) is 12.1 Å². The molecule has 0 fully saturated rings. The Morgan fingerprint density at radius 2 is 1.60 bits per heavy atom. The molecule has 0 aliphatic carbocycles. The Kier molecular flexibility index (Phi) is 4.73. The summed E-state index contributed by atoms with van der Waals surface area (Å²) in [5, 5.41) is 28.1. The van der Waals surface area contributed by atoms with Gasteiger partial charge in [-0.3, -0.25) is 24.5 Å². The first-order valence-corrected chi connectivity index (χ1v) is 5.29. The lowest BCUT2D eigenvalue weighted by atomic mass is 10.1. The van der Waals surface area contributed by atoms with Gasteiger partial charge in [0.05, 0.1) is 4.92 Å². The highest BCUT2D eigenvalue weighted by atomic mass is 16.6. The van der Waals surface area contributed by atoms with Crippen LogP contribution in [0.5, 0.6) is 0 Å². The maximum Gasteiger partial charge on any atom is 0.323 e. The normalized spacial score (nSPS) is 9.80. The van der Waals surface area contributed by atoms with Crippen molar-refractivity contribution in [3.63, 3.8) is 0 Å². The smallest absolute Gasteiger partial charge is 0.323 e. The number of nitro benzene ring substituents is 1. The number of carbonyl (C=O) groups excluding carboxylic acids is 1. The van der Waals surface area contributed by atoms with Crippen LogP contribution in [0, 0.1) is 10.1 Å². The summed E-state index contributed by atoms with van der Waals surface area (Å²) >= 11 is 0. The van der Waals surface area contributed by atoms with Crippen molar-refractivity contribution in [2.45, 2.75) is 0 Å². The first-order chi connectivity index (χ1) is 9.32. The number of carboxylic acid groups (broad SMARTS) is 2. The van der Waals surface area contributed by atoms with E-state index in [2.05, 4.69) is 0 Å². The summed E-state index contributed by atoms with van der Waals surface area (Å²) in [6.45, 7) is -1.73. The second-order valence-electron chi connectivity index (χ2n) is 3.72. The Morgan fingerprint density at radius 3 is 2.05 bits per heavy atom. The van der Waals surface area contributed by atoms with E-state index >= 15 is 0 Å². The maximum absolute atomic E-state index is 12.0. The van der Waals surface area contributed by atoms with Gasteiger partial charge in [0.2, 0.25) is 0 Å². The summed E-state index contributed by atoms with van der Waals surface area (Å²) in [7, 11) is 0. The van der Waals surface area contributed by atoms with Crippen molar-refractivity contribution in [3.05, 3.63) is 39.9 Å². The lowest BCUT2D eigenvalue weighted by molar-refractivity contribution is -0.385. The highest BCUT2D eigenvalue weighted by Crippen LogP contribution is 2.19. The highest BCUT2D eigenvalue weighted by Gasteiger charge is 2.26. The third-order valence-electron chi connectivity index (χ3n) is 2.27. The second-order valence-corrected chi connectivity index (χ2v) is 3.72. The lowest BCUT2D eigenvalue weighted by Gasteiger charge is -2.18. The van der Waals surface area contributed by atoms with Gasteiger partial charge in [-0.25, -0.2) is 0 Å². The number of hydrogen-bond donors (Lipinski definition) is 2. The number of nitro groups is 1.